The van der Waals surface area contributed by atoms with Crippen molar-refractivity contribution >= 4 is 15.7 Å². The minimum Gasteiger partial charge on any atom is -0.352 e. The van der Waals surface area contributed by atoms with Crippen LogP contribution in [0, 0.1) is 0 Å². The normalized spacial score (nSPS) is 25.5. The average Bonchev–Trinajstić information content (AvgIpc) is 2.52. The van der Waals surface area contributed by atoms with Crippen molar-refractivity contribution in [2.24, 2.45) is 0 Å². The lowest BCUT2D eigenvalue weighted by molar-refractivity contribution is -0.139. The van der Waals surface area contributed by atoms with Crippen LogP contribution in [0.4, 0.5) is 0 Å². The second-order valence-electron chi connectivity index (χ2n) is 4.67. The molecule has 6 nitrogen and oxygen atoms in total. The van der Waals surface area contributed by atoms with E-state index in [0.29, 0.717) is 6.61 Å². The Hall–Kier alpha value is -0.660. The minimum absolute atomic E-state index is 0.235. The zero-order valence-corrected chi connectivity index (χ0v) is 11.3. The Balaban J connectivity index is 2.40. The van der Waals surface area contributed by atoms with Crippen molar-refractivity contribution in [3.63, 3.8) is 0 Å². The molecule has 2 unspecified atom stereocenters. The summed E-state index contributed by atoms with van der Waals surface area (Å²) in [5, 5.41) is 1.50. The predicted octanol–water partition coefficient (Wildman–Crippen LogP) is -0.313. The minimum atomic E-state index is -3.35. The number of rotatable bonds is 4. The molecule has 0 saturated carbocycles. The first-order valence-corrected chi connectivity index (χ1v) is 7.35. The highest BCUT2D eigenvalue weighted by Crippen LogP contribution is 2.21. The summed E-state index contributed by atoms with van der Waals surface area (Å²) in [6, 6.07) is 0. The van der Waals surface area contributed by atoms with Crippen LogP contribution in [0.1, 0.15) is 20.8 Å². The third-order valence-corrected chi connectivity index (χ3v) is 4.08. The van der Waals surface area contributed by atoms with Crippen molar-refractivity contribution in [3.05, 3.63) is 0 Å². The molecule has 1 aliphatic heterocycles. The fraction of sp³-hybridized carbons (Fsp3) is 0.900. The summed E-state index contributed by atoms with van der Waals surface area (Å²) in [6.45, 7) is 5.57. The lowest BCUT2D eigenvalue weighted by atomic mass is 10.3. The molecule has 0 aromatic heterocycles. The number of hydrogen-bond acceptors (Lipinski definition) is 5. The van der Waals surface area contributed by atoms with Crippen LogP contribution in [0.3, 0.4) is 0 Å². The SMILES string of the molecule is CC(C(=O)NCC1COC(C)(C)O1)S(C)(=O)=O. The van der Waals surface area contributed by atoms with Crippen molar-refractivity contribution in [1.29, 1.82) is 0 Å². The zero-order chi connectivity index (χ0) is 13.3. The number of carbonyl (C=O) groups is 1. The summed E-state index contributed by atoms with van der Waals surface area (Å²) in [7, 11) is -3.35. The van der Waals surface area contributed by atoms with Crippen LogP contribution < -0.4 is 5.32 Å². The van der Waals surface area contributed by atoms with Gasteiger partial charge in [-0.2, -0.15) is 0 Å². The highest BCUT2D eigenvalue weighted by atomic mass is 32.2. The lowest BCUT2D eigenvalue weighted by Gasteiger charge is -2.17. The maximum absolute atomic E-state index is 11.5. The maximum Gasteiger partial charge on any atom is 0.238 e. The van der Waals surface area contributed by atoms with Crippen molar-refractivity contribution in [2.45, 2.75) is 37.9 Å². The van der Waals surface area contributed by atoms with Gasteiger partial charge in [-0.25, -0.2) is 8.42 Å². The van der Waals surface area contributed by atoms with Crippen LogP contribution in [0.5, 0.6) is 0 Å². The third-order valence-electron chi connectivity index (χ3n) is 2.58. The molecule has 0 aliphatic carbocycles. The van der Waals surface area contributed by atoms with Crippen LogP contribution in [-0.4, -0.2) is 50.9 Å². The number of hydrogen-bond donors (Lipinski definition) is 1. The zero-order valence-electron chi connectivity index (χ0n) is 10.5. The number of amides is 1. The smallest absolute Gasteiger partial charge is 0.238 e. The summed E-state index contributed by atoms with van der Waals surface area (Å²) in [5.74, 6) is -1.15. The molecule has 1 heterocycles. The molecule has 0 aromatic carbocycles. The third kappa shape index (κ3) is 4.25. The number of carbonyl (C=O) groups excluding carboxylic acids is 1. The van der Waals surface area contributed by atoms with E-state index in [-0.39, 0.29) is 12.6 Å². The number of nitrogens with one attached hydrogen (secondary N) is 1. The van der Waals surface area contributed by atoms with Gasteiger partial charge in [0.05, 0.1) is 6.61 Å². The van der Waals surface area contributed by atoms with Gasteiger partial charge < -0.3 is 14.8 Å². The molecule has 1 rings (SSSR count). The summed E-state index contributed by atoms with van der Waals surface area (Å²) < 4.78 is 33.1. The van der Waals surface area contributed by atoms with Crippen LogP contribution in [0.15, 0.2) is 0 Å². The molecular weight excluding hydrogens is 246 g/mol. The lowest BCUT2D eigenvalue weighted by Crippen LogP contribution is -2.41. The van der Waals surface area contributed by atoms with E-state index < -0.39 is 26.8 Å². The summed E-state index contributed by atoms with van der Waals surface area (Å²) in [6.07, 6.45) is 0.802. The number of sulfone groups is 1. The number of ether oxygens (including phenoxy) is 2. The van der Waals surface area contributed by atoms with Gasteiger partial charge in [0.2, 0.25) is 5.91 Å². The van der Waals surface area contributed by atoms with Crippen LogP contribution in [0.2, 0.25) is 0 Å². The van der Waals surface area contributed by atoms with Gasteiger partial charge in [0.25, 0.3) is 0 Å². The summed E-state index contributed by atoms with van der Waals surface area (Å²) >= 11 is 0. The molecule has 0 radical (unpaired) electrons. The Morgan fingerprint density at radius 1 is 1.53 bits per heavy atom. The molecule has 0 bridgehead atoms. The second-order valence-corrected chi connectivity index (χ2v) is 7.03. The van der Waals surface area contributed by atoms with Crippen LogP contribution in [0.25, 0.3) is 0 Å². The van der Waals surface area contributed by atoms with Gasteiger partial charge in [-0.1, -0.05) is 0 Å². The molecule has 1 amide bonds. The molecule has 1 saturated heterocycles. The standard InChI is InChI=1S/C10H19NO5S/c1-7(17(4,13)14)9(12)11-5-8-6-15-10(2,3)16-8/h7-8H,5-6H2,1-4H3,(H,11,12). The molecule has 1 fully saturated rings. The van der Waals surface area contributed by atoms with Gasteiger partial charge in [0.15, 0.2) is 15.6 Å². The molecule has 0 aromatic rings. The first-order chi connectivity index (χ1) is 7.62. The van der Waals surface area contributed by atoms with Gasteiger partial charge in [0, 0.05) is 12.8 Å². The van der Waals surface area contributed by atoms with Crippen LogP contribution in [-0.2, 0) is 24.1 Å². The molecule has 7 heteroatoms. The Morgan fingerprint density at radius 3 is 2.53 bits per heavy atom. The molecule has 17 heavy (non-hydrogen) atoms. The summed E-state index contributed by atoms with van der Waals surface area (Å²) in [5.41, 5.74) is 0. The van der Waals surface area contributed by atoms with Crippen LogP contribution >= 0.6 is 0 Å². The Bertz CT molecular complexity index is 390. The fourth-order valence-electron chi connectivity index (χ4n) is 1.42. The van der Waals surface area contributed by atoms with Gasteiger partial charge in [0.1, 0.15) is 11.4 Å². The second kappa shape index (κ2) is 4.91. The van der Waals surface area contributed by atoms with E-state index in [0.717, 1.165) is 6.26 Å². The van der Waals surface area contributed by atoms with Gasteiger partial charge in [-0.05, 0) is 20.8 Å². The topological polar surface area (TPSA) is 81.7 Å². The molecule has 100 valence electrons. The molecular formula is C10H19NO5S. The Labute approximate surface area is 102 Å². The van der Waals surface area contributed by atoms with Gasteiger partial charge in [-0.15, -0.1) is 0 Å². The maximum atomic E-state index is 11.5. The Morgan fingerprint density at radius 2 is 2.12 bits per heavy atom. The van der Waals surface area contributed by atoms with Crippen molar-refractivity contribution in [1.82, 2.24) is 5.32 Å². The van der Waals surface area contributed by atoms with E-state index in [2.05, 4.69) is 5.32 Å². The van der Waals surface area contributed by atoms with E-state index in [9.17, 15) is 13.2 Å². The largest absolute Gasteiger partial charge is 0.352 e. The van der Waals surface area contributed by atoms with Gasteiger partial charge >= 0.3 is 0 Å². The predicted molar refractivity (Wildman–Crippen MR) is 62.2 cm³/mol. The first-order valence-electron chi connectivity index (χ1n) is 5.40. The van der Waals surface area contributed by atoms with Crippen molar-refractivity contribution in [2.75, 3.05) is 19.4 Å². The van der Waals surface area contributed by atoms with Crippen molar-refractivity contribution in [3.8, 4) is 0 Å². The monoisotopic (exact) mass is 265 g/mol. The average molecular weight is 265 g/mol. The molecule has 1 N–H and O–H groups in total. The van der Waals surface area contributed by atoms with E-state index in [4.69, 9.17) is 9.47 Å². The van der Waals surface area contributed by atoms with Gasteiger partial charge in [-0.3, -0.25) is 4.79 Å². The fourth-order valence-corrected chi connectivity index (χ4v) is 1.89. The van der Waals surface area contributed by atoms with E-state index in [1.54, 1.807) is 13.8 Å². The van der Waals surface area contributed by atoms with E-state index >= 15 is 0 Å². The summed E-state index contributed by atoms with van der Waals surface area (Å²) in [4.78, 5) is 11.5. The van der Waals surface area contributed by atoms with E-state index in [1.807, 2.05) is 0 Å². The van der Waals surface area contributed by atoms with Crippen molar-refractivity contribution < 1.29 is 22.7 Å². The highest BCUT2D eigenvalue weighted by molar-refractivity contribution is 7.92. The molecule has 1 aliphatic rings. The highest BCUT2D eigenvalue weighted by Gasteiger charge is 2.33. The van der Waals surface area contributed by atoms with E-state index in [1.165, 1.54) is 6.92 Å². The first kappa shape index (κ1) is 14.4. The molecule has 2 atom stereocenters. The Kier molecular flexibility index (Phi) is 4.16. The molecule has 0 spiro atoms. The quantitative estimate of drug-likeness (QED) is 0.754.